The van der Waals surface area contributed by atoms with E-state index in [9.17, 15) is 0 Å². The summed E-state index contributed by atoms with van der Waals surface area (Å²) in [6.45, 7) is 4.42. The average molecular weight is 345 g/mol. The molecular formula is C17H13ClN2S2. The Labute approximate surface area is 141 Å². The fourth-order valence-electron chi connectivity index (χ4n) is 2.59. The molecule has 0 bridgehead atoms. The lowest BCUT2D eigenvalue weighted by Gasteiger charge is -2.07. The second kappa shape index (κ2) is 5.30. The van der Waals surface area contributed by atoms with Crippen LogP contribution >= 0.6 is 34.3 Å². The average Bonchev–Trinajstić information content (AvgIpc) is 3.11. The SMILES string of the molecule is CC(C)c1cc2c(-c3ccccc3Cl)c3ncsc3nc2s1. The number of rotatable bonds is 2. The molecule has 3 aromatic heterocycles. The van der Waals surface area contributed by atoms with Crippen molar-refractivity contribution in [2.24, 2.45) is 0 Å². The van der Waals surface area contributed by atoms with Gasteiger partial charge in [-0.3, -0.25) is 0 Å². The van der Waals surface area contributed by atoms with E-state index < -0.39 is 0 Å². The Morgan fingerprint density at radius 1 is 1.14 bits per heavy atom. The van der Waals surface area contributed by atoms with Gasteiger partial charge in [-0.05, 0) is 18.1 Å². The minimum Gasteiger partial charge on any atom is -0.242 e. The maximum Gasteiger partial charge on any atom is 0.145 e. The summed E-state index contributed by atoms with van der Waals surface area (Å²) in [7, 11) is 0. The molecule has 2 nitrogen and oxygen atoms in total. The predicted molar refractivity (Wildman–Crippen MR) is 97.3 cm³/mol. The molecule has 0 amide bonds. The first kappa shape index (κ1) is 14.1. The fourth-order valence-corrected chi connectivity index (χ4v) is 4.59. The first-order valence-electron chi connectivity index (χ1n) is 7.06. The highest BCUT2D eigenvalue weighted by molar-refractivity contribution is 7.19. The van der Waals surface area contributed by atoms with Gasteiger partial charge in [0.2, 0.25) is 0 Å². The molecule has 110 valence electrons. The molecule has 0 atom stereocenters. The molecule has 4 aromatic rings. The second-order valence-electron chi connectivity index (χ2n) is 5.50. The van der Waals surface area contributed by atoms with Crippen LogP contribution in [0.3, 0.4) is 0 Å². The van der Waals surface area contributed by atoms with Crippen molar-refractivity contribution in [3.05, 3.63) is 45.7 Å². The molecule has 0 spiro atoms. The van der Waals surface area contributed by atoms with Gasteiger partial charge in [0.15, 0.2) is 0 Å². The normalized spacial score (nSPS) is 11.8. The zero-order valence-corrected chi connectivity index (χ0v) is 14.5. The monoisotopic (exact) mass is 344 g/mol. The smallest absolute Gasteiger partial charge is 0.145 e. The quantitative estimate of drug-likeness (QED) is 0.423. The molecule has 3 heterocycles. The van der Waals surface area contributed by atoms with Crippen molar-refractivity contribution in [2.75, 3.05) is 0 Å². The topological polar surface area (TPSA) is 25.8 Å². The van der Waals surface area contributed by atoms with Crippen LogP contribution in [0.15, 0.2) is 35.8 Å². The predicted octanol–water partition coefficient (Wildman–Crippen LogP) is 6.35. The summed E-state index contributed by atoms with van der Waals surface area (Å²) in [5.74, 6) is 0.490. The lowest BCUT2D eigenvalue weighted by molar-refractivity contribution is 0.890. The highest BCUT2D eigenvalue weighted by atomic mass is 35.5. The van der Waals surface area contributed by atoms with Crippen LogP contribution in [0.25, 0.3) is 31.7 Å². The summed E-state index contributed by atoms with van der Waals surface area (Å²) in [5.41, 5.74) is 4.93. The molecule has 22 heavy (non-hydrogen) atoms. The van der Waals surface area contributed by atoms with Crippen LogP contribution in [-0.2, 0) is 0 Å². The van der Waals surface area contributed by atoms with Crippen LogP contribution in [0.5, 0.6) is 0 Å². The maximum atomic E-state index is 6.45. The summed E-state index contributed by atoms with van der Waals surface area (Å²) in [6, 6.07) is 10.2. The van der Waals surface area contributed by atoms with E-state index in [-0.39, 0.29) is 0 Å². The van der Waals surface area contributed by atoms with Gasteiger partial charge in [-0.15, -0.1) is 22.7 Å². The molecule has 0 aliphatic carbocycles. The summed E-state index contributed by atoms with van der Waals surface area (Å²) < 4.78 is 0. The van der Waals surface area contributed by atoms with E-state index >= 15 is 0 Å². The number of fused-ring (bicyclic) bond motifs is 2. The Hall–Kier alpha value is -1.49. The van der Waals surface area contributed by atoms with Gasteiger partial charge >= 0.3 is 0 Å². The number of thiophene rings is 1. The van der Waals surface area contributed by atoms with Crippen molar-refractivity contribution < 1.29 is 0 Å². The highest BCUT2D eigenvalue weighted by Gasteiger charge is 2.18. The van der Waals surface area contributed by atoms with Crippen LogP contribution in [0.4, 0.5) is 0 Å². The lowest BCUT2D eigenvalue weighted by Crippen LogP contribution is -1.85. The van der Waals surface area contributed by atoms with Gasteiger partial charge in [-0.2, -0.15) is 0 Å². The molecule has 0 saturated heterocycles. The van der Waals surface area contributed by atoms with Gasteiger partial charge < -0.3 is 0 Å². The van der Waals surface area contributed by atoms with Crippen molar-refractivity contribution in [3.63, 3.8) is 0 Å². The van der Waals surface area contributed by atoms with Crippen LogP contribution < -0.4 is 0 Å². The van der Waals surface area contributed by atoms with Gasteiger partial charge in [0.25, 0.3) is 0 Å². The Kier molecular flexibility index (Phi) is 3.40. The van der Waals surface area contributed by atoms with E-state index in [1.807, 2.05) is 23.7 Å². The Bertz CT molecular complexity index is 985. The molecule has 0 aliphatic rings. The third-order valence-electron chi connectivity index (χ3n) is 3.70. The van der Waals surface area contributed by atoms with Gasteiger partial charge in [-0.1, -0.05) is 43.6 Å². The summed E-state index contributed by atoms with van der Waals surface area (Å²) in [4.78, 5) is 12.7. The molecule has 0 saturated carbocycles. The molecule has 0 fully saturated rings. The molecule has 5 heteroatoms. The third-order valence-corrected chi connectivity index (χ3v) is 6.08. The van der Waals surface area contributed by atoms with E-state index in [0.29, 0.717) is 5.92 Å². The molecule has 0 unspecified atom stereocenters. The van der Waals surface area contributed by atoms with E-state index in [0.717, 1.165) is 36.7 Å². The number of hydrogen-bond acceptors (Lipinski definition) is 4. The number of hydrogen-bond donors (Lipinski definition) is 0. The second-order valence-corrected chi connectivity index (χ2v) is 7.80. The number of halogens is 1. The van der Waals surface area contributed by atoms with E-state index in [1.165, 1.54) is 4.88 Å². The number of benzene rings is 1. The van der Waals surface area contributed by atoms with Crippen LogP contribution in [0.2, 0.25) is 5.02 Å². The Morgan fingerprint density at radius 3 is 2.73 bits per heavy atom. The van der Waals surface area contributed by atoms with Gasteiger partial charge in [0.1, 0.15) is 15.2 Å². The molecule has 1 aromatic carbocycles. The van der Waals surface area contributed by atoms with E-state index in [1.54, 1.807) is 22.7 Å². The van der Waals surface area contributed by atoms with Gasteiger partial charge in [-0.25, -0.2) is 9.97 Å². The molecule has 0 aliphatic heterocycles. The summed E-state index contributed by atoms with van der Waals surface area (Å²) >= 11 is 9.79. The number of thiazole rings is 1. The zero-order chi connectivity index (χ0) is 15.3. The Balaban J connectivity index is 2.16. The van der Waals surface area contributed by atoms with Crippen molar-refractivity contribution in [2.45, 2.75) is 19.8 Å². The lowest BCUT2D eigenvalue weighted by atomic mass is 10.0. The van der Waals surface area contributed by atoms with E-state index in [2.05, 4.69) is 31.0 Å². The van der Waals surface area contributed by atoms with Gasteiger partial charge in [0, 0.05) is 26.4 Å². The molecule has 0 N–H and O–H groups in total. The third kappa shape index (κ3) is 2.14. The van der Waals surface area contributed by atoms with Crippen molar-refractivity contribution in [1.29, 1.82) is 0 Å². The summed E-state index contributed by atoms with van der Waals surface area (Å²) in [6.07, 6.45) is 0. The fraction of sp³-hybridized carbons (Fsp3) is 0.176. The van der Waals surface area contributed by atoms with Gasteiger partial charge in [0.05, 0.1) is 5.51 Å². The zero-order valence-electron chi connectivity index (χ0n) is 12.1. The molecule has 4 rings (SSSR count). The van der Waals surface area contributed by atoms with Crippen LogP contribution in [0.1, 0.15) is 24.6 Å². The first-order chi connectivity index (χ1) is 10.6. The minimum atomic E-state index is 0.490. The van der Waals surface area contributed by atoms with Crippen LogP contribution in [0, 0.1) is 0 Å². The van der Waals surface area contributed by atoms with Crippen LogP contribution in [-0.4, -0.2) is 9.97 Å². The molecule has 0 radical (unpaired) electrons. The highest BCUT2D eigenvalue weighted by Crippen LogP contribution is 2.42. The minimum absolute atomic E-state index is 0.490. The van der Waals surface area contributed by atoms with E-state index in [4.69, 9.17) is 16.6 Å². The van der Waals surface area contributed by atoms with Crippen molar-refractivity contribution >= 4 is 54.8 Å². The van der Waals surface area contributed by atoms with Crippen molar-refractivity contribution in [1.82, 2.24) is 9.97 Å². The molecular weight excluding hydrogens is 332 g/mol. The standard InChI is InChI=1S/C17H13ClN2S2/c1-9(2)13-7-11-14(10-5-3-4-6-12(10)18)15-17(21-8-19-15)20-16(11)22-13/h3-9H,1-2H3. The first-order valence-corrected chi connectivity index (χ1v) is 9.14. The maximum absolute atomic E-state index is 6.45. The number of pyridine rings is 1. The Morgan fingerprint density at radius 2 is 1.95 bits per heavy atom. The largest absolute Gasteiger partial charge is 0.242 e. The summed E-state index contributed by atoms with van der Waals surface area (Å²) in [5, 5.41) is 1.90. The van der Waals surface area contributed by atoms with Crippen molar-refractivity contribution in [3.8, 4) is 11.1 Å². The number of aromatic nitrogens is 2. The number of nitrogens with zero attached hydrogens (tertiary/aromatic N) is 2.